The van der Waals surface area contributed by atoms with Crippen LogP contribution >= 0.6 is 0 Å². The number of aromatic nitrogens is 2. The Hall–Kier alpha value is -9.50. The number of fused-ring (bicyclic) bond motifs is 6. The highest BCUT2D eigenvalue weighted by Crippen LogP contribution is 2.41. The summed E-state index contributed by atoms with van der Waals surface area (Å²) in [6, 6.07) is 98.0. The number of aryl methyl sites for hydroxylation is 1. The lowest BCUT2D eigenvalue weighted by Crippen LogP contribution is -2.00. The number of hydrogen-bond donors (Lipinski definition) is 0. The summed E-state index contributed by atoms with van der Waals surface area (Å²) < 4.78 is 4.88. The second-order valence-corrected chi connectivity index (χ2v) is 19.6. The predicted molar refractivity (Wildman–Crippen MR) is 313 cm³/mol. The third-order valence-corrected chi connectivity index (χ3v) is 15.2. The maximum atomic E-state index is 2.46. The minimum Gasteiger partial charge on any atom is -0.310 e. The minimum atomic E-state index is 1.02. The topological polar surface area (TPSA) is 9.86 Å². The Balaban J connectivity index is 0.792. The molecule has 0 amide bonds. The quantitative estimate of drug-likeness (QED) is 0.136. The predicted octanol–water partition coefficient (Wildman–Crippen LogP) is 19.4. The van der Waals surface area contributed by atoms with Crippen LogP contribution in [0, 0.1) is 0 Å². The molecule has 2 heterocycles. The van der Waals surface area contributed by atoms with Crippen LogP contribution in [0.1, 0.15) is 17.7 Å². The number of benzene rings is 11. The second-order valence-electron chi connectivity index (χ2n) is 19.6. The van der Waals surface area contributed by atoms with E-state index in [0.29, 0.717) is 0 Å². The van der Waals surface area contributed by atoms with Crippen LogP contribution in [0.5, 0.6) is 0 Å². The van der Waals surface area contributed by atoms with E-state index in [-0.39, 0.29) is 0 Å². The van der Waals surface area contributed by atoms with Crippen molar-refractivity contribution in [2.45, 2.75) is 12.8 Å². The Morgan fingerprint density at radius 2 is 0.595 bits per heavy atom. The smallest absolute Gasteiger partial charge is 0.0541 e. The van der Waals surface area contributed by atoms with Gasteiger partial charge in [-0.15, -0.1) is 0 Å². The van der Waals surface area contributed by atoms with Crippen molar-refractivity contribution in [1.82, 2.24) is 9.13 Å². The molecule has 0 aliphatic heterocycles. The Labute approximate surface area is 432 Å². The van der Waals surface area contributed by atoms with Crippen molar-refractivity contribution in [3.05, 3.63) is 284 Å². The first kappa shape index (κ1) is 43.3. The number of nitrogens with zero attached hydrogens (tertiary/aromatic N) is 2. The lowest BCUT2D eigenvalue weighted by Gasteiger charge is -2.13. The zero-order valence-electron chi connectivity index (χ0n) is 40.9. The largest absolute Gasteiger partial charge is 0.310 e. The molecule has 0 saturated heterocycles. The van der Waals surface area contributed by atoms with Crippen molar-refractivity contribution in [2.75, 3.05) is 0 Å². The molecule has 0 atom stereocenters. The molecule has 74 heavy (non-hydrogen) atoms. The van der Waals surface area contributed by atoms with Crippen LogP contribution in [-0.4, -0.2) is 9.13 Å². The van der Waals surface area contributed by atoms with Gasteiger partial charge in [-0.1, -0.05) is 182 Å². The third-order valence-electron chi connectivity index (χ3n) is 15.2. The van der Waals surface area contributed by atoms with Gasteiger partial charge in [0.2, 0.25) is 0 Å². The maximum absolute atomic E-state index is 2.46. The van der Waals surface area contributed by atoms with Crippen molar-refractivity contribution in [2.24, 2.45) is 0 Å². The lowest BCUT2D eigenvalue weighted by atomic mass is 9.92. The first-order valence-corrected chi connectivity index (χ1v) is 25.8. The average Bonchev–Trinajstić information content (AvgIpc) is 4.00. The monoisotopic (exact) mass is 942 g/mol. The number of para-hydroxylation sites is 1. The Morgan fingerprint density at radius 3 is 1.07 bits per heavy atom. The fourth-order valence-corrected chi connectivity index (χ4v) is 11.5. The summed E-state index contributed by atoms with van der Waals surface area (Å²) >= 11 is 0. The van der Waals surface area contributed by atoms with Crippen molar-refractivity contribution in [3.8, 4) is 89.3 Å². The first-order chi connectivity index (χ1) is 36.7. The van der Waals surface area contributed by atoms with Crippen LogP contribution in [0.15, 0.2) is 273 Å². The van der Waals surface area contributed by atoms with E-state index in [1.165, 1.54) is 128 Å². The molecule has 0 unspecified atom stereocenters. The summed E-state index contributed by atoms with van der Waals surface area (Å²) in [4.78, 5) is 0. The molecule has 2 nitrogen and oxygen atoms in total. The molecule has 0 saturated carbocycles. The second kappa shape index (κ2) is 18.3. The van der Waals surface area contributed by atoms with Crippen LogP contribution in [-0.2, 0) is 6.42 Å². The molecule has 14 rings (SSSR count). The average molecular weight is 943 g/mol. The van der Waals surface area contributed by atoms with Crippen LogP contribution < -0.4 is 0 Å². The highest BCUT2D eigenvalue weighted by Gasteiger charge is 2.21. The molecular weight excluding hydrogens is 893 g/mol. The van der Waals surface area contributed by atoms with Crippen molar-refractivity contribution < 1.29 is 0 Å². The van der Waals surface area contributed by atoms with Gasteiger partial charge < -0.3 is 9.13 Å². The molecule has 0 radical (unpaired) electrons. The maximum Gasteiger partial charge on any atom is 0.0541 e. The van der Waals surface area contributed by atoms with Crippen LogP contribution in [0.4, 0.5) is 0 Å². The van der Waals surface area contributed by atoms with Gasteiger partial charge in [-0.05, 0) is 193 Å². The number of allylic oxidation sites excluding steroid dienone is 1. The molecule has 13 aromatic rings. The van der Waals surface area contributed by atoms with Gasteiger partial charge >= 0.3 is 0 Å². The van der Waals surface area contributed by atoms with Gasteiger partial charge in [0.25, 0.3) is 0 Å². The van der Waals surface area contributed by atoms with E-state index < -0.39 is 0 Å². The van der Waals surface area contributed by atoms with E-state index >= 15 is 0 Å². The highest BCUT2D eigenvalue weighted by molar-refractivity contribution is 6.10. The zero-order chi connectivity index (χ0) is 49.0. The van der Waals surface area contributed by atoms with Crippen LogP contribution in [0.3, 0.4) is 0 Å². The van der Waals surface area contributed by atoms with Crippen LogP contribution in [0.2, 0.25) is 0 Å². The number of rotatable bonds is 9. The summed E-state index contributed by atoms with van der Waals surface area (Å²) in [7, 11) is 0. The van der Waals surface area contributed by atoms with Crippen molar-refractivity contribution in [1.29, 1.82) is 0 Å². The van der Waals surface area contributed by atoms with Gasteiger partial charge in [0.1, 0.15) is 0 Å². The molecule has 0 spiro atoms. The fourth-order valence-electron chi connectivity index (χ4n) is 11.5. The molecule has 2 aromatic heterocycles. The Bertz CT molecular complexity index is 4120. The van der Waals surface area contributed by atoms with E-state index in [1.54, 1.807) is 0 Å². The lowest BCUT2D eigenvalue weighted by molar-refractivity contribution is 0.967. The summed E-state index contributed by atoms with van der Waals surface area (Å²) in [5.74, 6) is 0. The van der Waals surface area contributed by atoms with Crippen LogP contribution in [0.25, 0.3) is 128 Å². The normalized spacial score (nSPS) is 12.2. The molecule has 1 aliphatic carbocycles. The summed E-state index contributed by atoms with van der Waals surface area (Å²) in [5.41, 5.74) is 25.6. The first-order valence-electron chi connectivity index (χ1n) is 25.8. The standard InChI is InChI=1S/C72H50N2/c1-5-17-49(18-6-1)57-41-58(50-19-7-2-8-20-50)44-61(43-57)55-33-39-71-67(47-55)65-25-13-15-27-69(65)73(71)63-35-29-53(30-36-63)54-31-37-64(38-32-54)74-70-28-16-14-26-66(70)68-48-56(34-40-72(68)74)62-45-59(51-21-9-3-10-22-51)42-60(46-62)52-23-11-4-12-24-52/h1-13,15-25,27-48H,14,26H2. The summed E-state index contributed by atoms with van der Waals surface area (Å²) in [5, 5.41) is 3.81. The third kappa shape index (κ3) is 7.76. The fraction of sp³-hybridized carbons (Fsp3) is 0.0278. The summed E-state index contributed by atoms with van der Waals surface area (Å²) in [6.07, 6.45) is 6.72. The van der Waals surface area contributed by atoms with E-state index in [9.17, 15) is 0 Å². The van der Waals surface area contributed by atoms with E-state index in [0.717, 1.165) is 18.5 Å². The Kier molecular flexibility index (Phi) is 10.7. The van der Waals surface area contributed by atoms with Crippen molar-refractivity contribution in [3.63, 3.8) is 0 Å². The number of hydrogen-bond acceptors (Lipinski definition) is 0. The molecule has 11 aromatic carbocycles. The van der Waals surface area contributed by atoms with E-state index in [2.05, 4.69) is 288 Å². The van der Waals surface area contributed by atoms with Gasteiger partial charge in [-0.25, -0.2) is 0 Å². The highest BCUT2D eigenvalue weighted by atomic mass is 15.0. The molecule has 0 fully saturated rings. The van der Waals surface area contributed by atoms with Gasteiger partial charge in [0.15, 0.2) is 0 Å². The SMILES string of the molecule is C1=Cc2c(c3cc(-c4cc(-c5ccccc5)cc(-c5ccccc5)c4)ccc3n2-c2ccc(-c3ccc(-n4c5ccccc5c5cc(-c6cc(-c7ccccc7)cc(-c7ccccc7)c6)ccc54)cc3)cc2)CC1. The van der Waals surface area contributed by atoms with E-state index in [4.69, 9.17) is 0 Å². The molecule has 0 bridgehead atoms. The van der Waals surface area contributed by atoms with Gasteiger partial charge in [-0.2, -0.15) is 0 Å². The van der Waals surface area contributed by atoms with E-state index in [1.807, 2.05) is 0 Å². The minimum absolute atomic E-state index is 1.02. The molecule has 348 valence electrons. The van der Waals surface area contributed by atoms with Gasteiger partial charge in [-0.3, -0.25) is 0 Å². The molecular formula is C72H50N2. The summed E-state index contributed by atoms with van der Waals surface area (Å²) in [6.45, 7) is 0. The van der Waals surface area contributed by atoms with Gasteiger partial charge in [0.05, 0.1) is 16.6 Å². The van der Waals surface area contributed by atoms with Gasteiger partial charge in [0, 0.05) is 33.2 Å². The van der Waals surface area contributed by atoms with Crippen molar-refractivity contribution >= 4 is 38.8 Å². The molecule has 0 N–H and O–H groups in total. The molecule has 1 aliphatic rings. The molecule has 2 heteroatoms. The Morgan fingerprint density at radius 1 is 0.243 bits per heavy atom. The zero-order valence-corrected chi connectivity index (χ0v) is 40.9.